The molecule has 0 aromatic carbocycles. The number of carbonyl (C=O) groups excluding carboxylic acids is 1. The smallest absolute Gasteiger partial charge is 0.306 e. The van der Waals surface area contributed by atoms with E-state index in [0.717, 1.165) is 25.7 Å². The Morgan fingerprint density at radius 1 is 0.950 bits per heavy atom. The normalized spacial score (nSPS) is 30.1. The molecule has 6 nitrogen and oxygen atoms in total. The van der Waals surface area contributed by atoms with Gasteiger partial charge in [-0.1, -0.05) is 6.42 Å². The molecule has 20 heavy (non-hydrogen) atoms. The van der Waals surface area contributed by atoms with Gasteiger partial charge in [0.1, 0.15) is 5.78 Å². The quantitative estimate of drug-likeness (QED) is 0.708. The van der Waals surface area contributed by atoms with E-state index in [1.54, 1.807) is 0 Å². The van der Waals surface area contributed by atoms with Gasteiger partial charge in [-0.3, -0.25) is 14.4 Å². The average Bonchev–Trinajstić information content (AvgIpc) is 2.39. The van der Waals surface area contributed by atoms with E-state index in [-0.39, 0.29) is 24.2 Å². The topological polar surface area (TPSA) is 112 Å². The molecule has 2 saturated carbocycles. The Kier molecular flexibility index (Phi) is 6.64. The van der Waals surface area contributed by atoms with E-state index >= 15 is 0 Å². The molecule has 6 heteroatoms. The first-order valence-electron chi connectivity index (χ1n) is 7.05. The van der Waals surface area contributed by atoms with Gasteiger partial charge in [-0.25, -0.2) is 0 Å². The van der Waals surface area contributed by atoms with Gasteiger partial charge in [0, 0.05) is 12.8 Å². The highest BCUT2D eigenvalue weighted by Gasteiger charge is 2.25. The number of ketones is 1. The molecule has 0 amide bonds. The van der Waals surface area contributed by atoms with Crippen LogP contribution < -0.4 is 0 Å². The molecule has 2 fully saturated rings. The van der Waals surface area contributed by atoms with Gasteiger partial charge in [0.05, 0.1) is 17.9 Å². The second-order valence-electron chi connectivity index (χ2n) is 5.53. The molecule has 3 atom stereocenters. The standard InChI is InChI=1S/C7H12O3.C7H10O3/c2*8-6-3-1-2-5(4-6)7(9)10/h5-6,8H,1-4H2,(H,9,10);5H,1-4H2,(H,9,10). The highest BCUT2D eigenvalue weighted by atomic mass is 16.4. The van der Waals surface area contributed by atoms with Gasteiger partial charge in [0.15, 0.2) is 0 Å². The number of hydrogen-bond acceptors (Lipinski definition) is 4. The fourth-order valence-corrected chi connectivity index (χ4v) is 2.62. The van der Waals surface area contributed by atoms with Crippen LogP contribution in [0.4, 0.5) is 0 Å². The molecule has 0 saturated heterocycles. The van der Waals surface area contributed by atoms with Gasteiger partial charge >= 0.3 is 11.9 Å². The van der Waals surface area contributed by atoms with Crippen molar-refractivity contribution in [2.75, 3.05) is 0 Å². The summed E-state index contributed by atoms with van der Waals surface area (Å²) in [5.74, 6) is -2.20. The lowest BCUT2D eigenvalue weighted by Gasteiger charge is -2.21. The summed E-state index contributed by atoms with van der Waals surface area (Å²) >= 11 is 0. The van der Waals surface area contributed by atoms with Crippen LogP contribution >= 0.6 is 0 Å². The van der Waals surface area contributed by atoms with Crippen molar-refractivity contribution < 1.29 is 29.7 Å². The highest BCUT2D eigenvalue weighted by molar-refractivity contribution is 5.84. The number of Topliss-reactive ketones (excluding diaryl/α,β-unsaturated/α-hetero) is 1. The molecule has 2 aliphatic carbocycles. The molecule has 2 aliphatic rings. The predicted octanol–water partition coefficient (Wildman–Crippen LogP) is 1.45. The van der Waals surface area contributed by atoms with Gasteiger partial charge in [-0.15, -0.1) is 0 Å². The Balaban J connectivity index is 0.000000200. The molecule has 0 spiro atoms. The minimum Gasteiger partial charge on any atom is -0.481 e. The number of hydrogen-bond donors (Lipinski definition) is 3. The zero-order valence-corrected chi connectivity index (χ0v) is 11.5. The minimum atomic E-state index is -0.826. The van der Waals surface area contributed by atoms with E-state index in [4.69, 9.17) is 15.3 Å². The highest BCUT2D eigenvalue weighted by Crippen LogP contribution is 2.24. The van der Waals surface area contributed by atoms with Crippen molar-refractivity contribution in [2.24, 2.45) is 11.8 Å². The molecule has 0 radical (unpaired) electrons. The van der Waals surface area contributed by atoms with Crippen LogP contribution in [-0.4, -0.2) is 39.1 Å². The van der Waals surface area contributed by atoms with Crippen molar-refractivity contribution in [1.29, 1.82) is 0 Å². The lowest BCUT2D eigenvalue weighted by molar-refractivity contribution is -0.145. The number of aliphatic hydroxyl groups excluding tert-OH is 1. The second kappa shape index (κ2) is 7.99. The van der Waals surface area contributed by atoms with Crippen LogP contribution in [0.15, 0.2) is 0 Å². The van der Waals surface area contributed by atoms with Crippen molar-refractivity contribution in [3.63, 3.8) is 0 Å². The fourth-order valence-electron chi connectivity index (χ4n) is 2.62. The number of carboxylic acids is 2. The Bertz CT molecular complexity index is 363. The molecular formula is C14H22O6. The van der Waals surface area contributed by atoms with E-state index in [0.29, 0.717) is 19.3 Å². The largest absolute Gasteiger partial charge is 0.481 e. The Morgan fingerprint density at radius 3 is 1.95 bits per heavy atom. The summed E-state index contributed by atoms with van der Waals surface area (Å²) in [5.41, 5.74) is 0. The summed E-state index contributed by atoms with van der Waals surface area (Å²) in [5, 5.41) is 26.1. The first-order valence-corrected chi connectivity index (χ1v) is 7.05. The molecule has 114 valence electrons. The first-order chi connectivity index (χ1) is 9.40. The van der Waals surface area contributed by atoms with E-state index in [9.17, 15) is 14.4 Å². The van der Waals surface area contributed by atoms with Crippen LogP contribution in [0.5, 0.6) is 0 Å². The van der Waals surface area contributed by atoms with Crippen molar-refractivity contribution in [2.45, 2.75) is 57.5 Å². The molecule has 3 unspecified atom stereocenters. The number of rotatable bonds is 2. The van der Waals surface area contributed by atoms with Gasteiger partial charge < -0.3 is 15.3 Å². The zero-order valence-electron chi connectivity index (χ0n) is 11.5. The third-order valence-corrected chi connectivity index (χ3v) is 3.83. The molecule has 2 rings (SSSR count). The maximum absolute atomic E-state index is 10.7. The Hall–Kier alpha value is -1.43. The van der Waals surface area contributed by atoms with Crippen LogP contribution in [0.2, 0.25) is 0 Å². The molecule has 0 aromatic rings. The zero-order chi connectivity index (χ0) is 15.1. The van der Waals surface area contributed by atoms with Crippen molar-refractivity contribution in [3.05, 3.63) is 0 Å². The first kappa shape index (κ1) is 16.6. The average molecular weight is 286 g/mol. The molecule has 0 bridgehead atoms. The van der Waals surface area contributed by atoms with E-state index in [2.05, 4.69) is 0 Å². The summed E-state index contributed by atoms with van der Waals surface area (Å²) in [6.07, 6.45) is 4.63. The van der Waals surface area contributed by atoms with Crippen LogP contribution in [0, 0.1) is 11.8 Å². The van der Waals surface area contributed by atoms with Gasteiger partial charge in [0.25, 0.3) is 0 Å². The molecule has 0 aromatic heterocycles. The van der Waals surface area contributed by atoms with Crippen molar-refractivity contribution >= 4 is 17.7 Å². The Morgan fingerprint density at radius 2 is 1.55 bits per heavy atom. The third-order valence-electron chi connectivity index (χ3n) is 3.83. The SMILES string of the molecule is O=C(O)C1CCCC(O)C1.O=C1CCCC(C(=O)O)C1. The third kappa shape index (κ3) is 5.69. The second-order valence-corrected chi connectivity index (χ2v) is 5.53. The van der Waals surface area contributed by atoms with Gasteiger partial charge in [0.2, 0.25) is 0 Å². The van der Waals surface area contributed by atoms with Crippen molar-refractivity contribution in [3.8, 4) is 0 Å². The summed E-state index contributed by atoms with van der Waals surface area (Å²) < 4.78 is 0. The molecular weight excluding hydrogens is 264 g/mol. The molecule has 0 heterocycles. The van der Waals surface area contributed by atoms with E-state index in [1.807, 2.05) is 0 Å². The van der Waals surface area contributed by atoms with Crippen LogP contribution in [0.1, 0.15) is 51.4 Å². The maximum atomic E-state index is 10.7. The Labute approximate surface area is 117 Å². The number of aliphatic carboxylic acids is 2. The van der Waals surface area contributed by atoms with Gasteiger partial charge in [-0.05, 0) is 32.1 Å². The summed E-state index contributed by atoms with van der Waals surface area (Å²) in [6, 6.07) is 0. The summed E-state index contributed by atoms with van der Waals surface area (Å²) in [6.45, 7) is 0. The van der Waals surface area contributed by atoms with Crippen LogP contribution in [0.25, 0.3) is 0 Å². The molecule has 0 aliphatic heterocycles. The van der Waals surface area contributed by atoms with Crippen LogP contribution in [0.3, 0.4) is 0 Å². The number of carboxylic acid groups (broad SMARTS) is 2. The summed E-state index contributed by atoms with van der Waals surface area (Å²) in [7, 11) is 0. The lowest BCUT2D eigenvalue weighted by atomic mass is 9.87. The monoisotopic (exact) mass is 286 g/mol. The fraction of sp³-hybridized carbons (Fsp3) is 0.786. The predicted molar refractivity (Wildman–Crippen MR) is 70.2 cm³/mol. The van der Waals surface area contributed by atoms with E-state index < -0.39 is 17.9 Å². The lowest BCUT2D eigenvalue weighted by Crippen LogP contribution is -2.25. The number of carbonyl (C=O) groups is 3. The number of aliphatic hydroxyl groups is 1. The van der Waals surface area contributed by atoms with Crippen molar-refractivity contribution in [1.82, 2.24) is 0 Å². The molecule has 3 N–H and O–H groups in total. The van der Waals surface area contributed by atoms with Gasteiger partial charge in [-0.2, -0.15) is 0 Å². The maximum Gasteiger partial charge on any atom is 0.306 e. The van der Waals surface area contributed by atoms with E-state index in [1.165, 1.54) is 0 Å². The van der Waals surface area contributed by atoms with Crippen LogP contribution in [-0.2, 0) is 14.4 Å². The minimum absolute atomic E-state index is 0.0960. The summed E-state index contributed by atoms with van der Waals surface area (Å²) in [4.78, 5) is 31.5.